The highest BCUT2D eigenvalue weighted by Crippen LogP contribution is 2.23. The van der Waals surface area contributed by atoms with Crippen LogP contribution in [0.25, 0.3) is 10.8 Å². The van der Waals surface area contributed by atoms with Gasteiger partial charge in [0.25, 0.3) is 0 Å². The second-order valence-corrected chi connectivity index (χ2v) is 4.21. The molecule has 0 aliphatic rings. The van der Waals surface area contributed by atoms with Gasteiger partial charge in [0.15, 0.2) is 0 Å². The van der Waals surface area contributed by atoms with Crippen molar-refractivity contribution in [2.45, 2.75) is 0 Å². The number of hydrogen-bond donors (Lipinski definition) is 1. The molecule has 4 heteroatoms. The van der Waals surface area contributed by atoms with Gasteiger partial charge in [-0.25, -0.2) is 0 Å². The van der Waals surface area contributed by atoms with Gasteiger partial charge >= 0.3 is 0 Å². The fourth-order valence-electron chi connectivity index (χ4n) is 1.46. The molecule has 0 unspecified atom stereocenters. The first kappa shape index (κ1) is 13.3. The van der Waals surface area contributed by atoms with Crippen molar-refractivity contribution in [2.24, 2.45) is 5.73 Å². The van der Waals surface area contributed by atoms with Crippen molar-refractivity contribution in [3.63, 3.8) is 0 Å². The lowest BCUT2D eigenvalue weighted by atomic mass is 10.1. The fourth-order valence-corrected chi connectivity index (χ4v) is 1.84. The highest BCUT2D eigenvalue weighted by Gasteiger charge is 1.97. The van der Waals surface area contributed by atoms with Crippen molar-refractivity contribution >= 4 is 39.1 Å². The fraction of sp³-hybridized carbons (Fsp3) is 0.167. The van der Waals surface area contributed by atoms with Crippen LogP contribution in [-0.4, -0.2) is 13.2 Å². The first-order chi connectivity index (χ1) is 7.29. The third kappa shape index (κ3) is 3.11. The summed E-state index contributed by atoms with van der Waals surface area (Å²) >= 11 is 3.45. The number of halogens is 2. The standard InChI is InChI=1S/C12H12BrNO.ClH/c13-11-3-1-10-8-12(15-6-5-14)4-2-9(10)7-11;/h1-4,7-8H,5-6,14H2;1H. The van der Waals surface area contributed by atoms with Crippen molar-refractivity contribution < 1.29 is 4.74 Å². The second kappa shape index (κ2) is 6.09. The Hall–Kier alpha value is -0.770. The zero-order chi connectivity index (χ0) is 10.7. The van der Waals surface area contributed by atoms with Crippen molar-refractivity contribution in [1.82, 2.24) is 0 Å². The molecule has 0 amide bonds. The summed E-state index contributed by atoms with van der Waals surface area (Å²) < 4.78 is 6.55. The summed E-state index contributed by atoms with van der Waals surface area (Å²) in [5.74, 6) is 0.871. The average molecular weight is 303 g/mol. The predicted octanol–water partition coefficient (Wildman–Crippen LogP) is 3.36. The Balaban J connectivity index is 0.00000128. The summed E-state index contributed by atoms with van der Waals surface area (Å²) in [7, 11) is 0. The molecule has 0 saturated heterocycles. The lowest BCUT2D eigenvalue weighted by molar-refractivity contribution is 0.329. The molecule has 16 heavy (non-hydrogen) atoms. The summed E-state index contributed by atoms with van der Waals surface area (Å²) in [5.41, 5.74) is 5.38. The topological polar surface area (TPSA) is 35.2 Å². The third-order valence-corrected chi connectivity index (χ3v) is 2.65. The van der Waals surface area contributed by atoms with Crippen LogP contribution in [0, 0.1) is 0 Å². The molecule has 0 aliphatic carbocycles. The van der Waals surface area contributed by atoms with Crippen LogP contribution in [0.4, 0.5) is 0 Å². The molecule has 2 aromatic rings. The zero-order valence-electron chi connectivity index (χ0n) is 8.65. The van der Waals surface area contributed by atoms with Crippen molar-refractivity contribution in [3.8, 4) is 5.75 Å². The van der Waals surface area contributed by atoms with E-state index in [2.05, 4.69) is 28.1 Å². The molecular weight excluding hydrogens is 289 g/mol. The van der Waals surface area contributed by atoms with Gasteiger partial charge in [-0.1, -0.05) is 28.1 Å². The number of benzene rings is 2. The highest BCUT2D eigenvalue weighted by molar-refractivity contribution is 9.10. The number of fused-ring (bicyclic) bond motifs is 1. The van der Waals surface area contributed by atoms with E-state index in [1.54, 1.807) is 0 Å². The van der Waals surface area contributed by atoms with Crippen LogP contribution in [0.3, 0.4) is 0 Å². The average Bonchev–Trinajstić information content (AvgIpc) is 2.26. The van der Waals surface area contributed by atoms with Crippen LogP contribution >= 0.6 is 28.3 Å². The van der Waals surface area contributed by atoms with E-state index < -0.39 is 0 Å². The Kier molecular flexibility index (Phi) is 5.06. The van der Waals surface area contributed by atoms with Gasteiger partial charge in [0.05, 0.1) is 0 Å². The molecule has 0 atom stereocenters. The van der Waals surface area contributed by atoms with Gasteiger partial charge < -0.3 is 10.5 Å². The van der Waals surface area contributed by atoms with Gasteiger partial charge in [-0.15, -0.1) is 12.4 Å². The van der Waals surface area contributed by atoms with Crippen LogP contribution in [0.2, 0.25) is 0 Å². The normalized spacial score (nSPS) is 9.88. The summed E-state index contributed by atoms with van der Waals surface area (Å²) in [6.07, 6.45) is 0. The smallest absolute Gasteiger partial charge is 0.120 e. The SMILES string of the molecule is Cl.NCCOc1ccc2cc(Br)ccc2c1. The molecule has 86 valence electrons. The number of nitrogens with two attached hydrogens (primary N) is 1. The number of ether oxygens (including phenoxy) is 1. The number of rotatable bonds is 3. The maximum atomic E-state index is 5.46. The van der Waals surface area contributed by atoms with Crippen LogP contribution in [0.15, 0.2) is 40.9 Å². The Morgan fingerprint density at radius 3 is 2.50 bits per heavy atom. The summed E-state index contributed by atoms with van der Waals surface area (Å²) in [6, 6.07) is 12.2. The Labute approximate surface area is 109 Å². The molecule has 2 nitrogen and oxygen atoms in total. The minimum atomic E-state index is 0. The minimum Gasteiger partial charge on any atom is -0.492 e. The van der Waals surface area contributed by atoms with E-state index in [1.165, 1.54) is 10.8 Å². The first-order valence-electron chi connectivity index (χ1n) is 4.82. The minimum absolute atomic E-state index is 0. The molecule has 0 spiro atoms. The van der Waals surface area contributed by atoms with Gasteiger partial charge in [-0.2, -0.15) is 0 Å². The van der Waals surface area contributed by atoms with Crippen LogP contribution < -0.4 is 10.5 Å². The van der Waals surface area contributed by atoms with Crippen LogP contribution in [-0.2, 0) is 0 Å². The number of hydrogen-bond acceptors (Lipinski definition) is 2. The van der Waals surface area contributed by atoms with E-state index in [-0.39, 0.29) is 12.4 Å². The predicted molar refractivity (Wildman–Crippen MR) is 73.4 cm³/mol. The van der Waals surface area contributed by atoms with E-state index in [0.29, 0.717) is 13.2 Å². The molecule has 0 fully saturated rings. The molecule has 2 N–H and O–H groups in total. The third-order valence-electron chi connectivity index (χ3n) is 2.16. The maximum Gasteiger partial charge on any atom is 0.120 e. The van der Waals surface area contributed by atoms with Crippen molar-refractivity contribution in [1.29, 1.82) is 0 Å². The van der Waals surface area contributed by atoms with Crippen molar-refractivity contribution in [3.05, 3.63) is 40.9 Å². The summed E-state index contributed by atoms with van der Waals surface area (Å²) in [4.78, 5) is 0. The molecule has 0 aromatic heterocycles. The largest absolute Gasteiger partial charge is 0.492 e. The maximum absolute atomic E-state index is 5.46. The molecule has 2 aromatic carbocycles. The summed E-state index contributed by atoms with van der Waals surface area (Å²) in [5, 5.41) is 2.37. The molecule has 0 heterocycles. The van der Waals surface area contributed by atoms with E-state index in [9.17, 15) is 0 Å². The Morgan fingerprint density at radius 1 is 1.06 bits per heavy atom. The summed E-state index contributed by atoms with van der Waals surface area (Å²) in [6.45, 7) is 1.10. The van der Waals surface area contributed by atoms with Gasteiger partial charge in [0, 0.05) is 11.0 Å². The Bertz CT molecular complexity index is 476. The zero-order valence-corrected chi connectivity index (χ0v) is 11.1. The highest BCUT2D eigenvalue weighted by atomic mass is 79.9. The molecule has 0 radical (unpaired) electrons. The molecule has 0 saturated carbocycles. The van der Waals surface area contributed by atoms with Crippen molar-refractivity contribution in [2.75, 3.05) is 13.2 Å². The lowest BCUT2D eigenvalue weighted by Crippen LogP contribution is -2.10. The van der Waals surface area contributed by atoms with E-state index in [1.807, 2.05) is 24.3 Å². The Morgan fingerprint density at radius 2 is 1.75 bits per heavy atom. The van der Waals surface area contributed by atoms with Gasteiger partial charge in [-0.05, 0) is 35.0 Å². The monoisotopic (exact) mass is 301 g/mol. The van der Waals surface area contributed by atoms with E-state index >= 15 is 0 Å². The molecular formula is C12H13BrClNO. The molecule has 0 bridgehead atoms. The van der Waals surface area contributed by atoms with Crippen LogP contribution in [0.5, 0.6) is 5.75 Å². The van der Waals surface area contributed by atoms with Gasteiger partial charge in [0.2, 0.25) is 0 Å². The lowest BCUT2D eigenvalue weighted by Gasteiger charge is -2.05. The second-order valence-electron chi connectivity index (χ2n) is 3.29. The van der Waals surface area contributed by atoms with Crippen LogP contribution in [0.1, 0.15) is 0 Å². The first-order valence-corrected chi connectivity index (χ1v) is 5.61. The van der Waals surface area contributed by atoms with Gasteiger partial charge in [-0.3, -0.25) is 0 Å². The van der Waals surface area contributed by atoms with E-state index in [0.717, 1.165) is 10.2 Å². The molecule has 0 aliphatic heterocycles. The quantitative estimate of drug-likeness (QED) is 0.943. The molecule has 2 rings (SSSR count). The van der Waals surface area contributed by atoms with Gasteiger partial charge in [0.1, 0.15) is 12.4 Å². The van der Waals surface area contributed by atoms with E-state index in [4.69, 9.17) is 10.5 Å².